The molecule has 1 fully saturated rings. The first-order valence-electron chi connectivity index (χ1n) is 12.3. The van der Waals surface area contributed by atoms with Crippen molar-refractivity contribution in [3.8, 4) is 11.8 Å². The summed E-state index contributed by atoms with van der Waals surface area (Å²) in [5.74, 6) is -0.285. The van der Waals surface area contributed by atoms with Crippen LogP contribution in [0.25, 0.3) is 21.9 Å². The number of esters is 1. The molecule has 198 valence electrons. The molecule has 0 N–H and O–H groups in total. The predicted octanol–water partition coefficient (Wildman–Crippen LogP) is 5.38. The van der Waals surface area contributed by atoms with Crippen molar-refractivity contribution in [1.29, 1.82) is 5.26 Å². The maximum Gasteiger partial charge on any atom is 0.343 e. The quantitative estimate of drug-likeness (QED) is 0.177. The molecule has 4 aromatic rings. The van der Waals surface area contributed by atoms with E-state index in [9.17, 15) is 18.5 Å². The molecule has 3 aromatic carbocycles. The highest BCUT2D eigenvalue weighted by Crippen LogP contribution is 2.28. The minimum Gasteiger partial charge on any atom is -0.423 e. The van der Waals surface area contributed by atoms with Gasteiger partial charge < -0.3 is 9.47 Å². The topological polar surface area (TPSA) is 110 Å². The van der Waals surface area contributed by atoms with Crippen molar-refractivity contribution in [2.75, 3.05) is 13.1 Å². The molecule has 0 saturated carbocycles. The lowest BCUT2D eigenvalue weighted by atomic mass is 10.1. The number of sulfonamides is 1. The maximum atomic E-state index is 13.0. The van der Waals surface area contributed by atoms with Gasteiger partial charge in [-0.2, -0.15) is 9.57 Å². The van der Waals surface area contributed by atoms with E-state index in [4.69, 9.17) is 9.47 Å². The van der Waals surface area contributed by atoms with Crippen molar-refractivity contribution in [2.24, 2.45) is 0 Å². The largest absolute Gasteiger partial charge is 0.423 e. The molecule has 0 amide bonds. The van der Waals surface area contributed by atoms with Crippen LogP contribution in [0, 0.1) is 11.3 Å². The van der Waals surface area contributed by atoms with E-state index in [1.54, 1.807) is 30.3 Å². The van der Waals surface area contributed by atoms with Gasteiger partial charge in [0.2, 0.25) is 10.0 Å². The molecule has 0 bridgehead atoms. The molecule has 39 heavy (non-hydrogen) atoms. The van der Waals surface area contributed by atoms with Gasteiger partial charge in [0, 0.05) is 13.1 Å². The third kappa shape index (κ3) is 5.92. The average molecular weight is 560 g/mol. The standard InChI is InChI=1S/C29H25N3O5S2/c1-19-17-32(18-20(2)36-19)39(34,35)25-13-9-22(10-14-25)29(33)37-24-11-7-21(8-12-24)15-23(16-30)28-31-26-5-3-4-6-27(26)38-28/h3-15,19-20H,17-18H2,1-2H3/b23-15+/t19-,20-/m0/s1. The van der Waals surface area contributed by atoms with E-state index in [1.807, 2.05) is 38.1 Å². The van der Waals surface area contributed by atoms with Crippen molar-refractivity contribution in [2.45, 2.75) is 31.0 Å². The predicted molar refractivity (Wildman–Crippen MR) is 150 cm³/mol. The fraction of sp³-hybridized carbons (Fsp3) is 0.207. The fourth-order valence-corrected chi connectivity index (χ4v) is 6.86. The molecule has 0 spiro atoms. The molecule has 1 aromatic heterocycles. The molecular formula is C29H25N3O5S2. The van der Waals surface area contributed by atoms with Crippen molar-refractivity contribution in [1.82, 2.24) is 9.29 Å². The van der Waals surface area contributed by atoms with E-state index in [2.05, 4.69) is 11.1 Å². The number of hydrogen-bond acceptors (Lipinski definition) is 8. The average Bonchev–Trinajstić information content (AvgIpc) is 3.36. The number of para-hydroxylation sites is 1. The lowest BCUT2D eigenvalue weighted by Crippen LogP contribution is -2.48. The number of nitrogens with zero attached hydrogens (tertiary/aromatic N) is 3. The van der Waals surface area contributed by atoms with E-state index in [0.717, 1.165) is 15.8 Å². The number of hydrogen-bond donors (Lipinski definition) is 0. The van der Waals surface area contributed by atoms with Gasteiger partial charge in [-0.1, -0.05) is 24.3 Å². The van der Waals surface area contributed by atoms with Gasteiger partial charge in [-0.05, 0) is 74.0 Å². The molecule has 2 heterocycles. The van der Waals surface area contributed by atoms with E-state index in [-0.39, 0.29) is 35.8 Å². The molecule has 2 atom stereocenters. The molecule has 1 aliphatic rings. The molecule has 1 saturated heterocycles. The van der Waals surface area contributed by atoms with Crippen LogP contribution in [0.5, 0.6) is 5.75 Å². The highest BCUT2D eigenvalue weighted by Gasteiger charge is 2.32. The molecule has 1 aliphatic heterocycles. The van der Waals surface area contributed by atoms with E-state index in [0.29, 0.717) is 16.3 Å². The molecule has 10 heteroatoms. The second-order valence-electron chi connectivity index (χ2n) is 9.22. The number of carbonyl (C=O) groups excluding carboxylic acids is 1. The number of ether oxygens (including phenoxy) is 2. The zero-order valence-corrected chi connectivity index (χ0v) is 22.9. The van der Waals surface area contributed by atoms with Gasteiger partial charge in [0.1, 0.15) is 16.8 Å². The number of nitriles is 1. The van der Waals surface area contributed by atoms with Crippen molar-refractivity contribution >= 4 is 49.2 Å². The smallest absolute Gasteiger partial charge is 0.343 e. The number of fused-ring (bicyclic) bond motifs is 1. The number of rotatable bonds is 6. The van der Waals surface area contributed by atoms with Gasteiger partial charge in [-0.15, -0.1) is 11.3 Å². The summed E-state index contributed by atoms with van der Waals surface area (Å²) in [5.41, 5.74) is 2.27. The number of benzene rings is 3. The monoisotopic (exact) mass is 559 g/mol. The van der Waals surface area contributed by atoms with E-state index < -0.39 is 16.0 Å². The second kappa shape index (κ2) is 11.1. The third-order valence-electron chi connectivity index (χ3n) is 6.16. The number of morpholine rings is 1. The molecule has 0 radical (unpaired) electrons. The van der Waals surface area contributed by atoms with Crippen LogP contribution in [0.15, 0.2) is 77.7 Å². The first kappa shape index (κ1) is 26.7. The van der Waals surface area contributed by atoms with Crippen LogP contribution < -0.4 is 4.74 Å². The van der Waals surface area contributed by atoms with Crippen LogP contribution in [0.4, 0.5) is 0 Å². The zero-order chi connectivity index (χ0) is 27.6. The Kier molecular flexibility index (Phi) is 7.59. The third-order valence-corrected chi connectivity index (χ3v) is 9.08. The van der Waals surface area contributed by atoms with Crippen LogP contribution >= 0.6 is 11.3 Å². The maximum absolute atomic E-state index is 13.0. The van der Waals surface area contributed by atoms with Crippen LogP contribution in [0.3, 0.4) is 0 Å². The van der Waals surface area contributed by atoms with Crippen LogP contribution in [-0.4, -0.2) is 49.0 Å². The number of thiazole rings is 1. The normalized spacial score (nSPS) is 18.5. The summed E-state index contributed by atoms with van der Waals surface area (Å²) in [6.07, 6.45) is 1.34. The van der Waals surface area contributed by atoms with Crippen LogP contribution in [0.2, 0.25) is 0 Å². The summed E-state index contributed by atoms with van der Waals surface area (Å²) >= 11 is 1.45. The van der Waals surface area contributed by atoms with E-state index in [1.165, 1.54) is 39.9 Å². The summed E-state index contributed by atoms with van der Waals surface area (Å²) in [7, 11) is -3.71. The Morgan fingerprint density at radius 1 is 1.05 bits per heavy atom. The number of allylic oxidation sites excluding steroid dienone is 1. The fourth-order valence-electron chi connectivity index (χ4n) is 4.33. The van der Waals surface area contributed by atoms with Gasteiger partial charge in [-0.3, -0.25) is 0 Å². The molecule has 5 rings (SSSR count). The van der Waals surface area contributed by atoms with Crippen LogP contribution in [-0.2, 0) is 14.8 Å². The van der Waals surface area contributed by atoms with Crippen molar-refractivity contribution in [3.63, 3.8) is 0 Å². The molecule has 8 nitrogen and oxygen atoms in total. The Morgan fingerprint density at radius 3 is 2.36 bits per heavy atom. The molecule has 0 aliphatic carbocycles. The van der Waals surface area contributed by atoms with Gasteiger partial charge >= 0.3 is 5.97 Å². The van der Waals surface area contributed by atoms with Crippen LogP contribution in [0.1, 0.15) is 34.8 Å². The number of aromatic nitrogens is 1. The summed E-state index contributed by atoms with van der Waals surface area (Å²) < 4.78 is 39.6. The molecule has 0 unspecified atom stereocenters. The van der Waals surface area contributed by atoms with Crippen molar-refractivity contribution < 1.29 is 22.7 Å². The van der Waals surface area contributed by atoms with E-state index >= 15 is 0 Å². The Hall–Kier alpha value is -3.88. The summed E-state index contributed by atoms with van der Waals surface area (Å²) in [5, 5.41) is 10.3. The summed E-state index contributed by atoms with van der Waals surface area (Å²) in [4.78, 5) is 17.3. The zero-order valence-electron chi connectivity index (χ0n) is 21.3. The van der Waals surface area contributed by atoms with Gasteiger partial charge in [0.05, 0.1) is 38.5 Å². The minimum absolute atomic E-state index is 0.109. The summed E-state index contributed by atoms with van der Waals surface area (Å²) in [6, 6.07) is 22.4. The Balaban J connectivity index is 1.26. The van der Waals surface area contributed by atoms with Gasteiger partial charge in [0.25, 0.3) is 0 Å². The Morgan fingerprint density at radius 2 is 1.72 bits per heavy atom. The van der Waals surface area contributed by atoms with Crippen molar-refractivity contribution in [3.05, 3.63) is 88.9 Å². The lowest BCUT2D eigenvalue weighted by molar-refractivity contribution is -0.0440. The lowest BCUT2D eigenvalue weighted by Gasteiger charge is -2.34. The first-order valence-corrected chi connectivity index (χ1v) is 14.5. The highest BCUT2D eigenvalue weighted by molar-refractivity contribution is 7.89. The SMILES string of the molecule is C[C@H]1CN(S(=O)(=O)c2ccc(C(=O)Oc3ccc(/C=C(\C#N)c4nc5ccccc5s4)cc3)cc2)C[C@H](C)O1. The Bertz CT molecular complexity index is 1640. The first-order chi connectivity index (χ1) is 18.7. The van der Waals surface area contributed by atoms with Gasteiger partial charge in [0.15, 0.2) is 0 Å². The number of carbonyl (C=O) groups is 1. The highest BCUT2D eigenvalue weighted by atomic mass is 32.2. The van der Waals surface area contributed by atoms with Gasteiger partial charge in [-0.25, -0.2) is 18.2 Å². The second-order valence-corrected chi connectivity index (χ2v) is 12.2. The molecular weight excluding hydrogens is 534 g/mol. The Labute approximate surface area is 230 Å². The summed E-state index contributed by atoms with van der Waals surface area (Å²) in [6.45, 7) is 4.23. The minimum atomic E-state index is -3.71.